The number of halogens is 2. The van der Waals surface area contributed by atoms with Gasteiger partial charge in [-0.2, -0.15) is 5.10 Å². The largest absolute Gasteiger partial charge is 0.497 e. The van der Waals surface area contributed by atoms with Gasteiger partial charge in [-0.3, -0.25) is 10.1 Å². The molecule has 2 atom stereocenters. The summed E-state index contributed by atoms with van der Waals surface area (Å²) in [5.74, 6) is 1.31. The predicted molar refractivity (Wildman–Crippen MR) is 122 cm³/mol. The molecule has 0 bridgehead atoms. The molecule has 3 aromatic rings. The highest BCUT2D eigenvalue weighted by Gasteiger charge is 2.42. The van der Waals surface area contributed by atoms with Crippen molar-refractivity contribution in [3.63, 3.8) is 0 Å². The Morgan fingerprint density at radius 1 is 1.12 bits per heavy atom. The zero-order chi connectivity index (χ0) is 22.4. The van der Waals surface area contributed by atoms with E-state index in [0.717, 1.165) is 28.2 Å². The van der Waals surface area contributed by atoms with Gasteiger partial charge in [0.1, 0.15) is 11.5 Å². The third-order valence-electron chi connectivity index (χ3n) is 5.62. The van der Waals surface area contributed by atoms with Gasteiger partial charge in [-0.1, -0.05) is 23.2 Å². The Kier molecular flexibility index (Phi) is 5.15. The summed E-state index contributed by atoms with van der Waals surface area (Å²) in [5, 5.41) is 18.7. The number of nitro groups is 1. The van der Waals surface area contributed by atoms with E-state index in [9.17, 15) is 10.1 Å². The molecule has 0 unspecified atom stereocenters. The maximum atomic E-state index is 11.1. The Bertz CT molecular complexity index is 1230. The van der Waals surface area contributed by atoms with Crippen LogP contribution in [0.4, 0.5) is 5.69 Å². The molecule has 0 spiro atoms. The summed E-state index contributed by atoms with van der Waals surface area (Å²) in [5.41, 5.74) is 3.45. The minimum Gasteiger partial charge on any atom is -0.497 e. The molecule has 3 aromatic carbocycles. The Morgan fingerprint density at radius 3 is 2.50 bits per heavy atom. The van der Waals surface area contributed by atoms with Crippen molar-refractivity contribution >= 4 is 34.6 Å². The van der Waals surface area contributed by atoms with E-state index >= 15 is 0 Å². The summed E-state index contributed by atoms with van der Waals surface area (Å²) >= 11 is 12.8. The normalized spacial score (nSPS) is 19.0. The van der Waals surface area contributed by atoms with Crippen LogP contribution in [0.1, 0.15) is 35.4 Å². The van der Waals surface area contributed by atoms with Gasteiger partial charge >= 0.3 is 0 Å². The number of fused-ring (bicyclic) bond motifs is 3. The first-order chi connectivity index (χ1) is 15.4. The van der Waals surface area contributed by atoms with E-state index < -0.39 is 11.2 Å². The topological polar surface area (TPSA) is 77.2 Å². The van der Waals surface area contributed by atoms with Crippen LogP contribution in [0.5, 0.6) is 11.5 Å². The second-order valence-electron chi connectivity index (χ2n) is 7.50. The van der Waals surface area contributed by atoms with Crippen LogP contribution in [0.15, 0.2) is 65.8 Å². The molecular formula is C23H17Cl2N3O4. The van der Waals surface area contributed by atoms with Crippen molar-refractivity contribution in [2.24, 2.45) is 5.10 Å². The number of ether oxygens (including phenoxy) is 2. The van der Waals surface area contributed by atoms with E-state index in [1.165, 1.54) is 12.1 Å². The summed E-state index contributed by atoms with van der Waals surface area (Å²) in [6.45, 7) is 0. The second-order valence-corrected chi connectivity index (χ2v) is 8.34. The standard InChI is InChI=1S/C23H17Cl2N3O4/c1-31-17-8-4-13(5-9-17)20-12-21-18-10-15(24)11-19(25)22(18)32-23(27(21)26-20)14-2-6-16(7-3-14)28(29)30/h2-11,21,23H,12H2,1H3/t21-,23-/m1/s1. The molecule has 0 N–H and O–H groups in total. The highest BCUT2D eigenvalue weighted by molar-refractivity contribution is 6.35. The lowest BCUT2D eigenvalue weighted by atomic mass is 9.95. The molecule has 5 rings (SSSR count). The predicted octanol–water partition coefficient (Wildman–Crippen LogP) is 6.15. The first kappa shape index (κ1) is 20.6. The number of hydrogen-bond acceptors (Lipinski definition) is 6. The summed E-state index contributed by atoms with van der Waals surface area (Å²) in [6, 6.07) is 17.3. The number of methoxy groups -OCH3 is 1. The van der Waals surface area contributed by atoms with Crippen LogP contribution in [-0.2, 0) is 0 Å². The maximum Gasteiger partial charge on any atom is 0.269 e. The SMILES string of the molecule is COc1ccc(C2=NN3[C@H](C2)c2cc(Cl)cc(Cl)c2O[C@@H]3c2ccc([N+](=O)[O-])cc2)cc1. The van der Waals surface area contributed by atoms with E-state index in [1.807, 2.05) is 35.3 Å². The van der Waals surface area contributed by atoms with Crippen molar-refractivity contribution in [2.75, 3.05) is 7.11 Å². The third kappa shape index (κ3) is 3.53. The van der Waals surface area contributed by atoms with E-state index in [1.54, 1.807) is 25.3 Å². The van der Waals surface area contributed by atoms with E-state index in [-0.39, 0.29) is 11.7 Å². The molecule has 9 heteroatoms. The van der Waals surface area contributed by atoms with Gasteiger partial charge in [0.2, 0.25) is 6.23 Å². The summed E-state index contributed by atoms with van der Waals surface area (Å²) in [7, 11) is 1.62. The average molecular weight is 470 g/mol. The molecule has 0 aromatic heterocycles. The smallest absolute Gasteiger partial charge is 0.269 e. The molecule has 0 amide bonds. The van der Waals surface area contributed by atoms with Crippen molar-refractivity contribution in [3.8, 4) is 11.5 Å². The fourth-order valence-corrected chi connectivity index (χ4v) is 4.61. The summed E-state index contributed by atoms with van der Waals surface area (Å²) in [4.78, 5) is 10.6. The number of nitrogens with zero attached hydrogens (tertiary/aromatic N) is 3. The van der Waals surface area contributed by atoms with Gasteiger partial charge in [-0.15, -0.1) is 0 Å². The second kappa shape index (κ2) is 8.00. The van der Waals surface area contributed by atoms with Crippen LogP contribution in [-0.4, -0.2) is 22.8 Å². The number of nitro benzene ring substituents is 1. The van der Waals surface area contributed by atoms with Crippen LogP contribution < -0.4 is 9.47 Å². The summed E-state index contributed by atoms with van der Waals surface area (Å²) in [6.07, 6.45) is 0.0331. The number of hydrogen-bond donors (Lipinski definition) is 0. The first-order valence-electron chi connectivity index (χ1n) is 9.85. The highest BCUT2D eigenvalue weighted by atomic mass is 35.5. The summed E-state index contributed by atoms with van der Waals surface area (Å²) < 4.78 is 11.5. The number of non-ortho nitro benzene ring substituents is 1. The van der Waals surface area contributed by atoms with Crippen LogP contribution in [0.25, 0.3) is 0 Å². The fourth-order valence-electron chi connectivity index (χ4n) is 4.05. The maximum absolute atomic E-state index is 11.1. The minimum atomic E-state index is -0.595. The fraction of sp³-hybridized carbons (Fsp3) is 0.174. The highest BCUT2D eigenvalue weighted by Crippen LogP contribution is 2.50. The molecule has 0 saturated heterocycles. The monoisotopic (exact) mass is 469 g/mol. The van der Waals surface area contributed by atoms with Gasteiger partial charge in [0.25, 0.3) is 5.69 Å². The zero-order valence-corrected chi connectivity index (χ0v) is 18.4. The number of hydrazone groups is 1. The molecule has 162 valence electrons. The molecule has 32 heavy (non-hydrogen) atoms. The molecule has 7 nitrogen and oxygen atoms in total. The third-order valence-corrected chi connectivity index (χ3v) is 6.12. The number of rotatable bonds is 4. The lowest BCUT2D eigenvalue weighted by Crippen LogP contribution is -2.33. The molecule has 0 saturated carbocycles. The van der Waals surface area contributed by atoms with Crippen LogP contribution in [0.2, 0.25) is 10.0 Å². The Morgan fingerprint density at radius 2 is 1.84 bits per heavy atom. The van der Waals surface area contributed by atoms with Crippen molar-refractivity contribution in [2.45, 2.75) is 18.7 Å². The van der Waals surface area contributed by atoms with Gasteiger partial charge in [0.15, 0.2) is 0 Å². The van der Waals surface area contributed by atoms with E-state index in [2.05, 4.69) is 0 Å². The van der Waals surface area contributed by atoms with Crippen LogP contribution in [0.3, 0.4) is 0 Å². The quantitative estimate of drug-likeness (QED) is 0.338. The van der Waals surface area contributed by atoms with E-state index in [4.69, 9.17) is 37.8 Å². The lowest BCUT2D eigenvalue weighted by Gasteiger charge is -2.38. The van der Waals surface area contributed by atoms with Gasteiger partial charge < -0.3 is 9.47 Å². The molecule has 2 heterocycles. The van der Waals surface area contributed by atoms with Gasteiger partial charge in [0.05, 0.1) is 28.8 Å². The Balaban J connectivity index is 1.58. The Labute approximate surface area is 193 Å². The van der Waals surface area contributed by atoms with Crippen molar-refractivity contribution in [3.05, 3.63) is 97.5 Å². The van der Waals surface area contributed by atoms with Crippen molar-refractivity contribution in [1.82, 2.24) is 5.01 Å². The first-order valence-corrected chi connectivity index (χ1v) is 10.6. The number of benzene rings is 3. The average Bonchev–Trinajstić information content (AvgIpc) is 3.25. The van der Waals surface area contributed by atoms with Crippen LogP contribution in [0, 0.1) is 10.1 Å². The molecule has 0 radical (unpaired) electrons. The minimum absolute atomic E-state index is 0.00942. The van der Waals surface area contributed by atoms with Gasteiger partial charge in [-0.25, -0.2) is 5.01 Å². The molecule has 0 fully saturated rings. The Hall–Kier alpha value is -3.29. The zero-order valence-electron chi connectivity index (χ0n) is 16.9. The van der Waals surface area contributed by atoms with Crippen LogP contribution >= 0.6 is 23.2 Å². The molecule has 2 aliphatic heterocycles. The van der Waals surface area contributed by atoms with E-state index in [0.29, 0.717) is 22.2 Å². The lowest BCUT2D eigenvalue weighted by molar-refractivity contribution is -0.384. The van der Waals surface area contributed by atoms with Gasteiger partial charge in [-0.05, 0) is 54.1 Å². The molecular weight excluding hydrogens is 453 g/mol. The molecule has 0 aliphatic carbocycles. The van der Waals surface area contributed by atoms with Crippen molar-refractivity contribution < 1.29 is 14.4 Å². The van der Waals surface area contributed by atoms with Gasteiger partial charge in [0, 0.05) is 34.7 Å². The molecule has 2 aliphatic rings. The van der Waals surface area contributed by atoms with Crippen molar-refractivity contribution in [1.29, 1.82) is 0 Å².